The lowest BCUT2D eigenvalue weighted by Crippen LogP contribution is -2.36. The van der Waals surface area contributed by atoms with Crippen molar-refractivity contribution in [3.8, 4) is 11.5 Å². The van der Waals surface area contributed by atoms with Crippen molar-refractivity contribution in [2.45, 2.75) is 4.90 Å². The first kappa shape index (κ1) is 21.9. The van der Waals surface area contributed by atoms with Crippen LogP contribution in [0, 0.1) is 0 Å². The largest absolute Gasteiger partial charge is 0.497 e. The van der Waals surface area contributed by atoms with Crippen molar-refractivity contribution in [2.75, 3.05) is 27.8 Å². The maximum absolute atomic E-state index is 12.8. The molecule has 2 aromatic carbocycles. The molecule has 0 aromatic heterocycles. The van der Waals surface area contributed by atoms with E-state index < -0.39 is 22.5 Å². The fraction of sp³-hybridized carbons (Fsp3) is 0.222. The number of benzene rings is 2. The number of nitrogens with one attached hydrogen (secondary N) is 1. The Bertz CT molecular complexity index is 979. The van der Waals surface area contributed by atoms with Gasteiger partial charge in [-0.05, 0) is 18.2 Å². The lowest BCUT2D eigenvalue weighted by Gasteiger charge is -2.18. The predicted octanol–water partition coefficient (Wildman–Crippen LogP) is 2.24. The van der Waals surface area contributed by atoms with Crippen molar-refractivity contribution in [3.63, 3.8) is 0 Å². The molecule has 28 heavy (non-hydrogen) atoms. The second-order valence-electron chi connectivity index (χ2n) is 5.59. The van der Waals surface area contributed by atoms with E-state index in [9.17, 15) is 13.2 Å². The van der Waals surface area contributed by atoms with E-state index in [0.717, 1.165) is 14.3 Å². The van der Waals surface area contributed by atoms with Gasteiger partial charge in [-0.3, -0.25) is 4.79 Å². The van der Waals surface area contributed by atoms with Gasteiger partial charge in [0, 0.05) is 23.2 Å². The van der Waals surface area contributed by atoms with Crippen molar-refractivity contribution in [1.82, 2.24) is 9.73 Å². The van der Waals surface area contributed by atoms with Crippen molar-refractivity contribution >= 4 is 38.1 Å². The number of hydrogen-bond donors (Lipinski definition) is 1. The van der Waals surface area contributed by atoms with E-state index in [1.54, 1.807) is 6.07 Å². The molecular formula is C18H20BrN3O5S. The number of rotatable bonds is 8. The molecule has 0 aliphatic carbocycles. The van der Waals surface area contributed by atoms with Gasteiger partial charge in [0.15, 0.2) is 0 Å². The number of amides is 1. The van der Waals surface area contributed by atoms with E-state index >= 15 is 0 Å². The fourth-order valence-corrected chi connectivity index (χ4v) is 3.91. The Morgan fingerprint density at radius 3 is 2.57 bits per heavy atom. The van der Waals surface area contributed by atoms with Crippen LogP contribution in [0.1, 0.15) is 5.56 Å². The Morgan fingerprint density at radius 1 is 1.21 bits per heavy atom. The van der Waals surface area contributed by atoms with Crippen LogP contribution in [0.2, 0.25) is 0 Å². The summed E-state index contributed by atoms with van der Waals surface area (Å²) in [7, 11) is 0.106. The fourth-order valence-electron chi connectivity index (χ4n) is 2.23. The molecule has 0 aliphatic rings. The number of hydrazone groups is 1. The van der Waals surface area contributed by atoms with Crippen LogP contribution in [0.3, 0.4) is 0 Å². The molecule has 0 unspecified atom stereocenters. The Balaban J connectivity index is 2.10. The van der Waals surface area contributed by atoms with Gasteiger partial charge in [-0.15, -0.1) is 0 Å². The van der Waals surface area contributed by atoms with Crippen LogP contribution < -0.4 is 14.9 Å². The number of carbonyl (C=O) groups is 1. The lowest BCUT2D eigenvalue weighted by atomic mass is 10.2. The SMILES string of the molecule is COc1ccc(OC)c(S(=O)(=O)N(C)CC(=O)NN=Cc2ccccc2Br)c1. The predicted molar refractivity (Wildman–Crippen MR) is 109 cm³/mol. The summed E-state index contributed by atoms with van der Waals surface area (Å²) in [6.07, 6.45) is 1.46. The number of nitrogens with zero attached hydrogens (tertiary/aromatic N) is 2. The first-order valence-corrected chi connectivity index (χ1v) is 10.3. The number of halogens is 1. The van der Waals surface area contributed by atoms with Crippen LogP contribution in [-0.2, 0) is 14.8 Å². The van der Waals surface area contributed by atoms with E-state index in [1.165, 1.54) is 39.6 Å². The molecule has 0 fully saturated rings. The summed E-state index contributed by atoms with van der Waals surface area (Å²) >= 11 is 3.37. The Kier molecular flexibility index (Phi) is 7.55. The van der Waals surface area contributed by atoms with Crippen molar-refractivity contribution in [2.24, 2.45) is 5.10 Å². The van der Waals surface area contributed by atoms with Gasteiger partial charge in [0.25, 0.3) is 5.91 Å². The molecule has 0 heterocycles. The zero-order valence-corrected chi connectivity index (χ0v) is 18.0. The second-order valence-corrected chi connectivity index (χ2v) is 8.46. The van der Waals surface area contributed by atoms with Gasteiger partial charge in [-0.2, -0.15) is 9.41 Å². The van der Waals surface area contributed by atoms with E-state index in [1.807, 2.05) is 24.3 Å². The van der Waals surface area contributed by atoms with Gasteiger partial charge in [0.2, 0.25) is 10.0 Å². The standard InChI is InChI=1S/C18H20BrN3O5S/c1-22(12-18(23)21-20-11-13-6-4-5-7-15(13)19)28(24,25)17-10-14(26-2)8-9-16(17)27-3/h4-11H,12H2,1-3H3,(H,21,23). The third kappa shape index (κ3) is 5.31. The first-order valence-electron chi connectivity index (χ1n) is 8.04. The Morgan fingerprint density at radius 2 is 1.93 bits per heavy atom. The number of sulfonamides is 1. The average molecular weight is 470 g/mol. The van der Waals surface area contributed by atoms with Gasteiger partial charge < -0.3 is 9.47 Å². The van der Waals surface area contributed by atoms with E-state index in [0.29, 0.717) is 5.75 Å². The van der Waals surface area contributed by atoms with Crippen molar-refractivity contribution in [1.29, 1.82) is 0 Å². The van der Waals surface area contributed by atoms with Crippen molar-refractivity contribution in [3.05, 3.63) is 52.5 Å². The van der Waals surface area contributed by atoms with Gasteiger partial charge in [0.1, 0.15) is 16.4 Å². The number of methoxy groups -OCH3 is 2. The zero-order chi connectivity index (χ0) is 20.7. The van der Waals surface area contributed by atoms with Gasteiger partial charge >= 0.3 is 0 Å². The summed E-state index contributed by atoms with van der Waals surface area (Å²) in [6.45, 7) is -0.421. The summed E-state index contributed by atoms with van der Waals surface area (Å²) in [4.78, 5) is 12.0. The van der Waals surface area contributed by atoms with Crippen LogP contribution in [0.15, 0.2) is 56.9 Å². The third-order valence-electron chi connectivity index (χ3n) is 3.72. The highest BCUT2D eigenvalue weighted by atomic mass is 79.9. The Hall–Kier alpha value is -2.43. The molecule has 10 heteroatoms. The summed E-state index contributed by atoms with van der Waals surface area (Å²) in [5.74, 6) is -0.0773. The summed E-state index contributed by atoms with van der Waals surface area (Å²) in [6, 6.07) is 11.7. The first-order chi connectivity index (χ1) is 13.3. The lowest BCUT2D eigenvalue weighted by molar-refractivity contribution is -0.121. The minimum Gasteiger partial charge on any atom is -0.497 e. The molecule has 0 bridgehead atoms. The second kappa shape index (κ2) is 9.67. The molecule has 2 aromatic rings. The number of ether oxygens (including phenoxy) is 2. The van der Waals surface area contributed by atoms with Crippen molar-refractivity contribution < 1.29 is 22.7 Å². The topological polar surface area (TPSA) is 97.3 Å². The molecule has 1 N–H and O–H groups in total. The monoisotopic (exact) mass is 469 g/mol. The van der Waals surface area contributed by atoms with Crippen LogP contribution >= 0.6 is 15.9 Å². The van der Waals surface area contributed by atoms with E-state index in [4.69, 9.17) is 9.47 Å². The number of carbonyl (C=O) groups excluding carboxylic acids is 1. The van der Waals surface area contributed by atoms with Gasteiger partial charge in [-0.1, -0.05) is 34.1 Å². The normalized spacial score (nSPS) is 11.6. The molecule has 0 spiro atoms. The number of hydrogen-bond acceptors (Lipinski definition) is 6. The average Bonchev–Trinajstić information content (AvgIpc) is 2.68. The van der Waals surface area contributed by atoms with Crippen LogP contribution in [0.4, 0.5) is 0 Å². The maximum atomic E-state index is 12.8. The minimum absolute atomic E-state index is 0.0960. The highest BCUT2D eigenvalue weighted by Crippen LogP contribution is 2.30. The molecular weight excluding hydrogens is 450 g/mol. The minimum atomic E-state index is -3.99. The maximum Gasteiger partial charge on any atom is 0.255 e. The van der Waals surface area contributed by atoms with Crippen LogP contribution in [0.5, 0.6) is 11.5 Å². The molecule has 0 radical (unpaired) electrons. The summed E-state index contributed by atoms with van der Waals surface area (Å²) in [5, 5.41) is 3.85. The Labute approximate surface area is 172 Å². The summed E-state index contributed by atoms with van der Waals surface area (Å²) < 4.78 is 37.6. The smallest absolute Gasteiger partial charge is 0.255 e. The van der Waals surface area contributed by atoms with E-state index in [-0.39, 0.29) is 10.6 Å². The van der Waals surface area contributed by atoms with Crippen LogP contribution in [0.25, 0.3) is 0 Å². The molecule has 2 rings (SSSR count). The molecule has 0 aliphatic heterocycles. The highest BCUT2D eigenvalue weighted by Gasteiger charge is 2.27. The molecule has 0 saturated heterocycles. The molecule has 0 atom stereocenters. The summed E-state index contributed by atoms with van der Waals surface area (Å²) in [5.41, 5.74) is 3.08. The molecule has 1 amide bonds. The van der Waals surface area contributed by atoms with Crippen LogP contribution in [-0.4, -0.2) is 52.7 Å². The molecule has 150 valence electrons. The van der Waals surface area contributed by atoms with Gasteiger partial charge in [0.05, 0.1) is 27.0 Å². The van der Waals surface area contributed by atoms with E-state index in [2.05, 4.69) is 26.5 Å². The third-order valence-corrected chi connectivity index (χ3v) is 6.27. The molecule has 0 saturated carbocycles. The highest BCUT2D eigenvalue weighted by molar-refractivity contribution is 9.10. The quantitative estimate of drug-likeness (QED) is 0.472. The molecule has 8 nitrogen and oxygen atoms in total. The zero-order valence-electron chi connectivity index (χ0n) is 15.5. The number of likely N-dealkylation sites (N-methyl/N-ethyl adjacent to an activating group) is 1. The van der Waals surface area contributed by atoms with Gasteiger partial charge in [-0.25, -0.2) is 13.8 Å².